The lowest BCUT2D eigenvalue weighted by Crippen LogP contribution is -2.02. The van der Waals surface area contributed by atoms with Gasteiger partial charge in [0.2, 0.25) is 0 Å². The molecule has 2 heteroatoms. The average Bonchev–Trinajstić information content (AvgIpc) is 1.97. The van der Waals surface area contributed by atoms with Crippen LogP contribution >= 0.6 is 0 Å². The fourth-order valence-corrected chi connectivity index (χ4v) is 0.718. The maximum atomic E-state index is 8.73. The molecule has 0 aliphatic rings. The summed E-state index contributed by atoms with van der Waals surface area (Å²) in [6, 6.07) is 2.05. The van der Waals surface area contributed by atoms with E-state index in [1.807, 2.05) is 32.9 Å². The minimum Gasteiger partial charge on any atom is -0.496 e. The molecular formula is C10H15NO. The molecule has 0 aromatic heterocycles. The Kier molecular flexibility index (Phi) is 3.56. The van der Waals surface area contributed by atoms with Crippen molar-refractivity contribution in [3.05, 3.63) is 24.0 Å². The summed E-state index contributed by atoms with van der Waals surface area (Å²) in [7, 11) is 1.51. The summed E-state index contributed by atoms with van der Waals surface area (Å²) in [5, 5.41) is 8.73. The Morgan fingerprint density at radius 2 is 2.00 bits per heavy atom. The van der Waals surface area contributed by atoms with Crippen molar-refractivity contribution in [1.29, 1.82) is 5.26 Å². The second kappa shape index (κ2) is 3.96. The van der Waals surface area contributed by atoms with E-state index >= 15 is 0 Å². The van der Waals surface area contributed by atoms with Crippen molar-refractivity contribution >= 4 is 0 Å². The number of rotatable bonds is 2. The molecule has 0 heterocycles. The quantitative estimate of drug-likeness (QED) is 0.358. The standard InChI is InChI=1S/C10H15NO/c1-8(12-5)9(7-11)6-10(2,3)4/h6H,1H2,2-5H3/b9-6+. The van der Waals surface area contributed by atoms with Crippen LogP contribution in [0.2, 0.25) is 0 Å². The third kappa shape index (κ3) is 3.82. The van der Waals surface area contributed by atoms with Crippen molar-refractivity contribution < 1.29 is 4.74 Å². The van der Waals surface area contributed by atoms with Crippen LogP contribution in [0.25, 0.3) is 0 Å². The van der Waals surface area contributed by atoms with Gasteiger partial charge in [-0.3, -0.25) is 0 Å². The van der Waals surface area contributed by atoms with Crippen LogP contribution in [0.5, 0.6) is 0 Å². The Bertz CT molecular complexity index is 238. The molecule has 0 saturated carbocycles. The molecule has 0 fully saturated rings. The van der Waals surface area contributed by atoms with E-state index in [2.05, 4.69) is 6.58 Å². The van der Waals surface area contributed by atoms with E-state index in [1.165, 1.54) is 7.11 Å². The van der Waals surface area contributed by atoms with Crippen LogP contribution < -0.4 is 0 Å². The third-order valence-electron chi connectivity index (χ3n) is 1.24. The minimum atomic E-state index is -0.0213. The Labute approximate surface area is 74.2 Å². The highest BCUT2D eigenvalue weighted by atomic mass is 16.5. The van der Waals surface area contributed by atoms with Gasteiger partial charge in [-0.2, -0.15) is 5.26 Å². The van der Waals surface area contributed by atoms with Crippen LogP contribution in [0.15, 0.2) is 24.0 Å². The minimum absolute atomic E-state index is 0.0213. The number of allylic oxidation sites excluding steroid dienone is 2. The zero-order chi connectivity index (χ0) is 9.78. The van der Waals surface area contributed by atoms with Gasteiger partial charge in [0.05, 0.1) is 12.7 Å². The van der Waals surface area contributed by atoms with Crippen LogP contribution in [0.1, 0.15) is 20.8 Å². The van der Waals surface area contributed by atoms with Gasteiger partial charge in [-0.05, 0) is 5.41 Å². The smallest absolute Gasteiger partial charge is 0.129 e. The maximum Gasteiger partial charge on any atom is 0.129 e. The molecule has 0 amide bonds. The van der Waals surface area contributed by atoms with Crippen molar-refractivity contribution in [3.8, 4) is 6.07 Å². The SMILES string of the molecule is C=C(OC)/C(C#N)=C/C(C)(C)C. The van der Waals surface area contributed by atoms with Crippen molar-refractivity contribution in [3.63, 3.8) is 0 Å². The summed E-state index contributed by atoms with van der Waals surface area (Å²) in [4.78, 5) is 0. The number of hydrogen-bond acceptors (Lipinski definition) is 2. The van der Waals surface area contributed by atoms with E-state index in [4.69, 9.17) is 10.00 Å². The van der Waals surface area contributed by atoms with Gasteiger partial charge in [-0.25, -0.2) is 0 Å². The second-order valence-electron chi connectivity index (χ2n) is 3.66. The molecular weight excluding hydrogens is 150 g/mol. The third-order valence-corrected chi connectivity index (χ3v) is 1.24. The Morgan fingerprint density at radius 1 is 1.50 bits per heavy atom. The summed E-state index contributed by atoms with van der Waals surface area (Å²) in [6.07, 6.45) is 1.85. The highest BCUT2D eigenvalue weighted by molar-refractivity contribution is 5.37. The first-order valence-electron chi connectivity index (χ1n) is 3.77. The predicted molar refractivity (Wildman–Crippen MR) is 49.3 cm³/mol. The molecule has 0 aromatic rings. The number of ether oxygens (including phenoxy) is 1. The predicted octanol–water partition coefficient (Wildman–Crippen LogP) is 2.64. The molecule has 0 aliphatic carbocycles. The lowest BCUT2D eigenvalue weighted by molar-refractivity contribution is 0.304. The Hall–Kier alpha value is -1.23. The van der Waals surface area contributed by atoms with Crippen LogP contribution in [0.3, 0.4) is 0 Å². The van der Waals surface area contributed by atoms with E-state index < -0.39 is 0 Å². The summed E-state index contributed by atoms with van der Waals surface area (Å²) < 4.78 is 4.86. The Morgan fingerprint density at radius 3 is 2.25 bits per heavy atom. The largest absolute Gasteiger partial charge is 0.496 e. The fraction of sp³-hybridized carbons (Fsp3) is 0.500. The van der Waals surface area contributed by atoms with Crippen molar-refractivity contribution in [2.45, 2.75) is 20.8 Å². The summed E-state index contributed by atoms with van der Waals surface area (Å²) in [5.74, 6) is 0.424. The molecule has 0 aliphatic heterocycles. The van der Waals surface area contributed by atoms with Gasteiger partial charge in [0.15, 0.2) is 0 Å². The highest BCUT2D eigenvalue weighted by Gasteiger charge is 2.10. The van der Waals surface area contributed by atoms with Crippen LogP contribution in [-0.4, -0.2) is 7.11 Å². The van der Waals surface area contributed by atoms with E-state index in [1.54, 1.807) is 0 Å². The summed E-state index contributed by atoms with van der Waals surface area (Å²) in [5.41, 5.74) is 0.483. The number of nitrogens with zero attached hydrogens (tertiary/aromatic N) is 1. The van der Waals surface area contributed by atoms with E-state index in [9.17, 15) is 0 Å². The molecule has 12 heavy (non-hydrogen) atoms. The molecule has 0 saturated heterocycles. The number of methoxy groups -OCH3 is 1. The molecule has 0 radical (unpaired) electrons. The van der Waals surface area contributed by atoms with Crippen LogP contribution in [0, 0.1) is 16.7 Å². The molecule has 0 atom stereocenters. The van der Waals surface area contributed by atoms with Gasteiger partial charge < -0.3 is 4.74 Å². The average molecular weight is 165 g/mol. The molecule has 0 spiro atoms. The lowest BCUT2D eigenvalue weighted by Gasteiger charge is -2.13. The van der Waals surface area contributed by atoms with Crippen molar-refractivity contribution in [2.24, 2.45) is 5.41 Å². The van der Waals surface area contributed by atoms with E-state index in [-0.39, 0.29) is 5.41 Å². The molecule has 0 N–H and O–H groups in total. The van der Waals surface area contributed by atoms with Crippen LogP contribution in [-0.2, 0) is 4.74 Å². The number of nitriles is 1. The van der Waals surface area contributed by atoms with Gasteiger partial charge in [0, 0.05) is 0 Å². The normalized spacial score (nSPS) is 12.1. The van der Waals surface area contributed by atoms with Gasteiger partial charge >= 0.3 is 0 Å². The topological polar surface area (TPSA) is 33.0 Å². The first kappa shape index (κ1) is 10.8. The lowest BCUT2D eigenvalue weighted by atomic mass is 9.93. The summed E-state index contributed by atoms with van der Waals surface area (Å²) >= 11 is 0. The van der Waals surface area contributed by atoms with E-state index in [0.29, 0.717) is 11.3 Å². The molecule has 0 unspecified atom stereocenters. The molecule has 2 nitrogen and oxygen atoms in total. The second-order valence-corrected chi connectivity index (χ2v) is 3.66. The zero-order valence-corrected chi connectivity index (χ0v) is 8.14. The van der Waals surface area contributed by atoms with Gasteiger partial charge in [0.1, 0.15) is 11.8 Å². The van der Waals surface area contributed by atoms with Gasteiger partial charge in [-0.15, -0.1) is 0 Å². The maximum absolute atomic E-state index is 8.73. The van der Waals surface area contributed by atoms with Crippen molar-refractivity contribution in [1.82, 2.24) is 0 Å². The molecule has 0 rings (SSSR count). The molecule has 66 valence electrons. The number of hydrogen-bond donors (Lipinski definition) is 0. The van der Waals surface area contributed by atoms with Crippen LogP contribution in [0.4, 0.5) is 0 Å². The highest BCUT2D eigenvalue weighted by Crippen LogP contribution is 2.20. The first-order valence-corrected chi connectivity index (χ1v) is 3.77. The monoisotopic (exact) mass is 165 g/mol. The van der Waals surface area contributed by atoms with E-state index in [0.717, 1.165) is 0 Å². The van der Waals surface area contributed by atoms with Crippen molar-refractivity contribution in [2.75, 3.05) is 7.11 Å². The molecule has 0 aromatic carbocycles. The zero-order valence-electron chi connectivity index (χ0n) is 8.14. The molecule has 0 bridgehead atoms. The fourth-order valence-electron chi connectivity index (χ4n) is 0.718. The van der Waals surface area contributed by atoms with Gasteiger partial charge in [-0.1, -0.05) is 33.4 Å². The Balaban J connectivity index is 4.71. The van der Waals surface area contributed by atoms with Gasteiger partial charge in [0.25, 0.3) is 0 Å². The first-order chi connectivity index (χ1) is 5.40. The summed E-state index contributed by atoms with van der Waals surface area (Å²) in [6.45, 7) is 9.68.